The summed E-state index contributed by atoms with van der Waals surface area (Å²) >= 11 is 0. The smallest absolute Gasteiger partial charge is 0.333 e. The number of carbonyl (C=O) groups is 2. The molecule has 2 aromatic rings. The molecule has 0 aromatic heterocycles. The summed E-state index contributed by atoms with van der Waals surface area (Å²) in [4.78, 5) is 21.4. The van der Waals surface area contributed by atoms with Crippen molar-refractivity contribution in [3.63, 3.8) is 0 Å². The minimum absolute atomic E-state index is 0.168. The maximum Gasteiger partial charge on any atom is 0.333 e. The Balaban J connectivity index is 0.000000271. The highest BCUT2D eigenvalue weighted by molar-refractivity contribution is 5.88. The highest BCUT2D eigenvalue weighted by Gasteiger charge is 2.06. The Morgan fingerprint density at radius 2 is 1.48 bits per heavy atom. The van der Waals surface area contributed by atoms with E-state index in [1.54, 1.807) is 0 Å². The van der Waals surface area contributed by atoms with Crippen molar-refractivity contribution in [3.8, 4) is 5.75 Å². The lowest BCUT2D eigenvalue weighted by atomic mass is 10.1. The Bertz CT molecular complexity index is 751. The third kappa shape index (κ3) is 9.07. The van der Waals surface area contributed by atoms with E-state index in [1.165, 1.54) is 7.11 Å². The molecule has 0 saturated carbocycles. The normalized spacial score (nSPS) is 9.37. The summed E-state index contributed by atoms with van der Waals surface area (Å²) in [6, 6.07) is 19.0. The molecule has 2 rings (SSSR count). The van der Waals surface area contributed by atoms with E-state index < -0.39 is 5.97 Å². The van der Waals surface area contributed by atoms with Crippen molar-refractivity contribution < 1.29 is 24.2 Å². The topological polar surface area (TPSA) is 72.8 Å². The molecule has 0 aliphatic rings. The van der Waals surface area contributed by atoms with Gasteiger partial charge in [-0.25, -0.2) is 9.59 Å². The summed E-state index contributed by atoms with van der Waals surface area (Å²) in [5.74, 6) is -0.573. The van der Waals surface area contributed by atoms with Crippen LogP contribution in [0.2, 0.25) is 0 Å². The second-order valence-corrected chi connectivity index (χ2v) is 5.58. The van der Waals surface area contributed by atoms with E-state index in [2.05, 4.69) is 17.9 Å². The van der Waals surface area contributed by atoms with Crippen molar-refractivity contribution >= 4 is 11.9 Å². The molecule has 0 atom stereocenters. The Morgan fingerprint density at radius 3 is 2.00 bits per heavy atom. The number of aliphatic carboxylic acids is 1. The number of carboxylic acid groups (broad SMARTS) is 1. The van der Waals surface area contributed by atoms with E-state index >= 15 is 0 Å². The maximum absolute atomic E-state index is 11.0. The molecule has 142 valence electrons. The van der Waals surface area contributed by atoms with Gasteiger partial charge in [-0.05, 0) is 17.7 Å². The van der Waals surface area contributed by atoms with Crippen LogP contribution in [0.25, 0.3) is 0 Å². The molecule has 0 saturated heterocycles. The second kappa shape index (κ2) is 12.1. The highest BCUT2D eigenvalue weighted by Crippen LogP contribution is 2.09. The Morgan fingerprint density at radius 1 is 0.926 bits per heavy atom. The molecule has 1 N–H and O–H groups in total. The van der Waals surface area contributed by atoms with Crippen molar-refractivity contribution in [2.75, 3.05) is 13.7 Å². The molecule has 0 aliphatic carbocycles. The zero-order chi connectivity index (χ0) is 20.1. The number of hydrogen-bond donors (Lipinski definition) is 1. The first-order valence-corrected chi connectivity index (χ1v) is 8.33. The first-order valence-electron chi connectivity index (χ1n) is 8.33. The van der Waals surface area contributed by atoms with Gasteiger partial charge in [0.1, 0.15) is 5.75 Å². The van der Waals surface area contributed by atoms with Crippen LogP contribution in [0.5, 0.6) is 5.75 Å². The molecule has 0 fully saturated rings. The largest absolute Gasteiger partial charge is 0.493 e. The fourth-order valence-corrected chi connectivity index (χ4v) is 1.97. The Hall–Kier alpha value is -3.34. The van der Waals surface area contributed by atoms with Crippen LogP contribution in [0, 0.1) is 0 Å². The second-order valence-electron chi connectivity index (χ2n) is 5.58. The van der Waals surface area contributed by atoms with Gasteiger partial charge in [0.25, 0.3) is 0 Å². The number of methoxy groups -OCH3 is 1. The quantitative estimate of drug-likeness (QED) is 0.562. The predicted molar refractivity (Wildman–Crippen MR) is 105 cm³/mol. The number of carboxylic acids is 1. The Labute approximate surface area is 159 Å². The van der Waals surface area contributed by atoms with E-state index in [0.717, 1.165) is 11.3 Å². The maximum atomic E-state index is 11.0. The zero-order valence-electron chi connectivity index (χ0n) is 15.4. The summed E-state index contributed by atoms with van der Waals surface area (Å²) in [5.41, 5.74) is 1.72. The third-order valence-corrected chi connectivity index (χ3v) is 3.45. The lowest BCUT2D eigenvalue weighted by molar-refractivity contribution is -0.136. The van der Waals surface area contributed by atoms with Gasteiger partial charge in [0.05, 0.1) is 13.7 Å². The van der Waals surface area contributed by atoms with Crippen LogP contribution >= 0.6 is 0 Å². The van der Waals surface area contributed by atoms with Gasteiger partial charge in [-0.1, -0.05) is 61.7 Å². The van der Waals surface area contributed by atoms with E-state index in [1.807, 2.05) is 60.7 Å². The molecule has 0 aliphatic heterocycles. The molecule has 0 spiro atoms. The molecule has 5 heteroatoms. The summed E-state index contributed by atoms with van der Waals surface area (Å²) in [7, 11) is 1.36. The van der Waals surface area contributed by atoms with Crippen LogP contribution in [-0.2, 0) is 20.7 Å². The van der Waals surface area contributed by atoms with Gasteiger partial charge >= 0.3 is 11.9 Å². The first kappa shape index (κ1) is 21.7. The lowest BCUT2D eigenvalue weighted by Crippen LogP contribution is -2.05. The minimum Gasteiger partial charge on any atom is -0.493 e. The fourth-order valence-electron chi connectivity index (χ4n) is 1.97. The van der Waals surface area contributed by atoms with Gasteiger partial charge in [0.2, 0.25) is 0 Å². The third-order valence-electron chi connectivity index (χ3n) is 3.45. The number of benzene rings is 2. The molecule has 0 bridgehead atoms. The standard InChI is InChI=1S/C11H12O3.C11H12O2/c1-9(11(12)13)7-8-14-10-5-3-2-4-6-10;1-9(11(12)13-2)8-10-6-4-3-5-7-10/h2-6H,1,7-8H2,(H,12,13);3-7H,1,8H2,2H3. The summed E-state index contributed by atoms with van der Waals surface area (Å²) in [6.07, 6.45) is 0.887. The molecule has 5 nitrogen and oxygen atoms in total. The average Bonchev–Trinajstić information content (AvgIpc) is 2.69. The first-order chi connectivity index (χ1) is 12.9. The Kier molecular flexibility index (Phi) is 9.71. The molecular weight excluding hydrogens is 344 g/mol. The molecule has 0 unspecified atom stereocenters. The highest BCUT2D eigenvalue weighted by atomic mass is 16.5. The van der Waals surface area contributed by atoms with Crippen molar-refractivity contribution in [2.45, 2.75) is 12.8 Å². The van der Waals surface area contributed by atoms with Gasteiger partial charge < -0.3 is 14.6 Å². The van der Waals surface area contributed by atoms with Crippen molar-refractivity contribution in [1.29, 1.82) is 0 Å². The van der Waals surface area contributed by atoms with Crippen LogP contribution in [-0.4, -0.2) is 30.8 Å². The molecular formula is C22H24O5. The van der Waals surface area contributed by atoms with Gasteiger partial charge in [0.15, 0.2) is 0 Å². The number of rotatable bonds is 8. The van der Waals surface area contributed by atoms with Crippen LogP contribution in [0.3, 0.4) is 0 Å². The van der Waals surface area contributed by atoms with Gasteiger partial charge in [-0.2, -0.15) is 0 Å². The number of para-hydroxylation sites is 1. The van der Waals surface area contributed by atoms with E-state index in [9.17, 15) is 9.59 Å². The summed E-state index contributed by atoms with van der Waals surface area (Å²) in [6.45, 7) is 7.39. The fraction of sp³-hybridized carbons (Fsp3) is 0.182. The van der Waals surface area contributed by atoms with Crippen LogP contribution in [0.1, 0.15) is 12.0 Å². The molecule has 27 heavy (non-hydrogen) atoms. The van der Waals surface area contributed by atoms with E-state index in [-0.39, 0.29) is 11.5 Å². The van der Waals surface area contributed by atoms with Gasteiger partial charge in [-0.3, -0.25) is 0 Å². The molecule has 2 aromatic carbocycles. The monoisotopic (exact) mass is 368 g/mol. The van der Waals surface area contributed by atoms with Crippen molar-refractivity contribution in [2.24, 2.45) is 0 Å². The predicted octanol–water partition coefficient (Wildman–Crippen LogP) is 4.05. The lowest BCUT2D eigenvalue weighted by Gasteiger charge is -2.04. The van der Waals surface area contributed by atoms with Gasteiger partial charge in [0, 0.05) is 24.0 Å². The number of esters is 1. The zero-order valence-corrected chi connectivity index (χ0v) is 15.4. The molecule has 0 radical (unpaired) electrons. The van der Waals surface area contributed by atoms with Crippen LogP contribution in [0.4, 0.5) is 0 Å². The van der Waals surface area contributed by atoms with Crippen LogP contribution < -0.4 is 4.74 Å². The molecule has 0 amide bonds. The summed E-state index contributed by atoms with van der Waals surface area (Å²) in [5, 5.41) is 8.52. The number of hydrogen-bond acceptors (Lipinski definition) is 4. The van der Waals surface area contributed by atoms with Crippen molar-refractivity contribution in [3.05, 3.63) is 90.5 Å². The average molecular weight is 368 g/mol. The minimum atomic E-state index is -0.971. The number of carbonyl (C=O) groups excluding carboxylic acids is 1. The van der Waals surface area contributed by atoms with E-state index in [0.29, 0.717) is 25.0 Å². The number of ether oxygens (including phenoxy) is 2. The summed E-state index contributed by atoms with van der Waals surface area (Å²) < 4.78 is 9.85. The van der Waals surface area contributed by atoms with Crippen molar-refractivity contribution in [1.82, 2.24) is 0 Å². The van der Waals surface area contributed by atoms with Crippen LogP contribution in [0.15, 0.2) is 85.0 Å². The molecule has 0 heterocycles. The van der Waals surface area contributed by atoms with Gasteiger partial charge in [-0.15, -0.1) is 0 Å². The van der Waals surface area contributed by atoms with E-state index in [4.69, 9.17) is 9.84 Å². The SMILES string of the molecule is C=C(CCOc1ccccc1)C(=O)O.C=C(Cc1ccccc1)C(=O)OC.